The van der Waals surface area contributed by atoms with E-state index >= 15 is 0 Å². The van der Waals surface area contributed by atoms with Crippen LogP contribution in [0.15, 0.2) is 83.0 Å². The fourth-order valence-corrected chi connectivity index (χ4v) is 2.74. The summed E-state index contributed by atoms with van der Waals surface area (Å²) in [6.07, 6.45) is 1.34. The van der Waals surface area contributed by atoms with Gasteiger partial charge in [-0.25, -0.2) is 9.18 Å². The number of carboxylic acid groups (broad SMARTS) is 1. The van der Waals surface area contributed by atoms with E-state index in [0.29, 0.717) is 27.1 Å². The van der Waals surface area contributed by atoms with Crippen LogP contribution in [0.4, 0.5) is 4.39 Å². The number of hydrogen-bond acceptors (Lipinski definition) is 3. The zero-order valence-electron chi connectivity index (χ0n) is 14.9. The van der Waals surface area contributed by atoms with Gasteiger partial charge in [0.15, 0.2) is 0 Å². The summed E-state index contributed by atoms with van der Waals surface area (Å²) in [4.78, 5) is 23.7. The summed E-state index contributed by atoms with van der Waals surface area (Å²) < 4.78 is 19.6. The summed E-state index contributed by atoms with van der Waals surface area (Å²) in [5.74, 6) is -1.45. The predicted octanol–water partition coefficient (Wildman–Crippen LogP) is 5.24. The fourth-order valence-electron chi connectivity index (χ4n) is 2.42. The highest BCUT2D eigenvalue weighted by Crippen LogP contribution is 2.30. The first kappa shape index (κ1) is 20.3. The number of benzene rings is 3. The van der Waals surface area contributed by atoms with Crippen molar-refractivity contribution in [1.82, 2.24) is 5.32 Å². The van der Waals surface area contributed by atoms with Crippen molar-refractivity contribution in [3.63, 3.8) is 0 Å². The van der Waals surface area contributed by atoms with Crippen molar-refractivity contribution in [2.75, 3.05) is 0 Å². The van der Waals surface area contributed by atoms with Gasteiger partial charge in [0.05, 0.1) is 4.47 Å². The van der Waals surface area contributed by atoms with Gasteiger partial charge in [-0.2, -0.15) is 0 Å². The van der Waals surface area contributed by atoms with E-state index in [9.17, 15) is 19.1 Å². The van der Waals surface area contributed by atoms with Crippen LogP contribution in [0, 0.1) is 5.82 Å². The summed E-state index contributed by atoms with van der Waals surface area (Å²) >= 11 is 3.29. The van der Waals surface area contributed by atoms with Crippen LogP contribution in [0.25, 0.3) is 6.08 Å². The lowest BCUT2D eigenvalue weighted by molar-refractivity contribution is -0.132. The fraction of sp³-hybridized carbons (Fsp3) is 0. The maximum absolute atomic E-state index is 13.4. The number of halogens is 2. The average Bonchev–Trinajstić information content (AvgIpc) is 2.72. The van der Waals surface area contributed by atoms with Gasteiger partial charge in [-0.1, -0.05) is 30.3 Å². The molecular formula is C22H15BrFNO4. The number of ether oxygens (including phenoxy) is 1. The predicted molar refractivity (Wildman–Crippen MR) is 110 cm³/mol. The molecule has 0 saturated heterocycles. The molecule has 0 aliphatic heterocycles. The van der Waals surface area contributed by atoms with E-state index in [0.717, 1.165) is 0 Å². The van der Waals surface area contributed by atoms with Crippen molar-refractivity contribution in [3.05, 3.63) is 99.9 Å². The van der Waals surface area contributed by atoms with Crippen molar-refractivity contribution in [1.29, 1.82) is 0 Å². The van der Waals surface area contributed by atoms with Gasteiger partial charge in [-0.15, -0.1) is 0 Å². The topological polar surface area (TPSA) is 75.6 Å². The SMILES string of the molecule is O=C(O)/C(=C\c1ccc(Oc2cc(F)ccc2Br)cc1)NC(=O)c1ccccc1. The van der Waals surface area contributed by atoms with E-state index in [1.165, 1.54) is 24.3 Å². The molecule has 0 aromatic heterocycles. The van der Waals surface area contributed by atoms with E-state index < -0.39 is 17.7 Å². The van der Waals surface area contributed by atoms with Gasteiger partial charge in [-0.05, 0) is 64.0 Å². The molecule has 0 aliphatic carbocycles. The minimum atomic E-state index is -1.27. The van der Waals surface area contributed by atoms with Crippen molar-refractivity contribution in [2.45, 2.75) is 0 Å². The van der Waals surface area contributed by atoms with Crippen LogP contribution >= 0.6 is 15.9 Å². The Balaban J connectivity index is 1.76. The van der Waals surface area contributed by atoms with Crippen molar-refractivity contribution in [3.8, 4) is 11.5 Å². The van der Waals surface area contributed by atoms with Gasteiger partial charge in [0, 0.05) is 11.6 Å². The van der Waals surface area contributed by atoms with E-state index in [1.54, 1.807) is 54.6 Å². The number of aliphatic carboxylic acids is 1. The largest absolute Gasteiger partial charge is 0.477 e. The van der Waals surface area contributed by atoms with Crippen LogP contribution < -0.4 is 10.1 Å². The Hall–Kier alpha value is -3.45. The molecule has 29 heavy (non-hydrogen) atoms. The summed E-state index contributed by atoms with van der Waals surface area (Å²) in [6.45, 7) is 0. The van der Waals surface area contributed by atoms with Gasteiger partial charge >= 0.3 is 5.97 Å². The highest BCUT2D eigenvalue weighted by atomic mass is 79.9. The summed E-state index contributed by atoms with van der Waals surface area (Å²) in [6, 6.07) is 18.9. The van der Waals surface area contributed by atoms with Crippen molar-refractivity contribution in [2.24, 2.45) is 0 Å². The molecule has 0 fully saturated rings. The third-order valence-electron chi connectivity index (χ3n) is 3.83. The quantitative estimate of drug-likeness (QED) is 0.498. The van der Waals surface area contributed by atoms with Gasteiger partial charge in [0.1, 0.15) is 23.0 Å². The molecule has 0 heterocycles. The van der Waals surface area contributed by atoms with Crippen LogP contribution in [0.3, 0.4) is 0 Å². The molecule has 3 rings (SSSR count). The lowest BCUT2D eigenvalue weighted by Gasteiger charge is -2.09. The molecule has 3 aromatic rings. The normalized spacial score (nSPS) is 11.0. The highest BCUT2D eigenvalue weighted by Gasteiger charge is 2.13. The molecule has 2 N–H and O–H groups in total. The van der Waals surface area contributed by atoms with Gasteiger partial charge < -0.3 is 15.2 Å². The van der Waals surface area contributed by atoms with Gasteiger partial charge in [-0.3, -0.25) is 4.79 Å². The number of carbonyl (C=O) groups excluding carboxylic acids is 1. The second-order valence-electron chi connectivity index (χ2n) is 5.93. The van der Waals surface area contributed by atoms with E-state index in [-0.39, 0.29) is 5.70 Å². The first-order valence-corrected chi connectivity index (χ1v) is 9.26. The zero-order chi connectivity index (χ0) is 20.8. The molecule has 3 aromatic carbocycles. The average molecular weight is 456 g/mol. The lowest BCUT2D eigenvalue weighted by Crippen LogP contribution is -2.27. The minimum Gasteiger partial charge on any atom is -0.477 e. The summed E-state index contributed by atoms with van der Waals surface area (Å²) in [5.41, 5.74) is 0.630. The molecule has 0 saturated carbocycles. The second-order valence-corrected chi connectivity index (χ2v) is 6.78. The first-order valence-electron chi connectivity index (χ1n) is 8.47. The molecule has 0 aliphatic rings. The molecule has 0 atom stereocenters. The Labute approximate surface area is 174 Å². The van der Waals surface area contributed by atoms with Gasteiger partial charge in [0.25, 0.3) is 5.91 Å². The number of nitrogens with one attached hydrogen (secondary N) is 1. The first-order chi connectivity index (χ1) is 13.9. The maximum atomic E-state index is 13.4. The minimum absolute atomic E-state index is 0.264. The monoisotopic (exact) mass is 455 g/mol. The van der Waals surface area contributed by atoms with Crippen LogP contribution in [0.1, 0.15) is 15.9 Å². The van der Waals surface area contributed by atoms with E-state index in [1.807, 2.05) is 0 Å². The highest BCUT2D eigenvalue weighted by molar-refractivity contribution is 9.10. The Bertz CT molecular complexity index is 1070. The molecular weight excluding hydrogens is 441 g/mol. The summed E-state index contributed by atoms with van der Waals surface area (Å²) in [5, 5.41) is 11.8. The van der Waals surface area contributed by atoms with Crippen LogP contribution in [0.5, 0.6) is 11.5 Å². The Morgan fingerprint density at radius 1 is 1.00 bits per heavy atom. The number of rotatable bonds is 6. The maximum Gasteiger partial charge on any atom is 0.352 e. The molecule has 0 radical (unpaired) electrons. The zero-order valence-corrected chi connectivity index (χ0v) is 16.5. The second kappa shape index (κ2) is 9.16. The smallest absolute Gasteiger partial charge is 0.352 e. The number of hydrogen-bond donors (Lipinski definition) is 2. The summed E-state index contributed by atoms with van der Waals surface area (Å²) in [7, 11) is 0. The number of carboxylic acids is 1. The van der Waals surface area contributed by atoms with Crippen LogP contribution in [-0.2, 0) is 4.79 Å². The number of carbonyl (C=O) groups is 2. The third-order valence-corrected chi connectivity index (χ3v) is 4.48. The molecule has 0 bridgehead atoms. The van der Waals surface area contributed by atoms with E-state index in [4.69, 9.17) is 4.74 Å². The Morgan fingerprint density at radius 3 is 2.34 bits per heavy atom. The molecule has 0 unspecified atom stereocenters. The van der Waals surface area contributed by atoms with Crippen LogP contribution in [0.2, 0.25) is 0 Å². The van der Waals surface area contributed by atoms with Crippen molar-refractivity contribution < 1.29 is 23.8 Å². The Morgan fingerprint density at radius 2 is 1.69 bits per heavy atom. The van der Waals surface area contributed by atoms with Crippen LogP contribution in [-0.4, -0.2) is 17.0 Å². The Kier molecular flexibility index (Phi) is 6.41. The molecule has 146 valence electrons. The molecule has 0 spiro atoms. The van der Waals surface area contributed by atoms with Gasteiger partial charge in [0.2, 0.25) is 0 Å². The van der Waals surface area contributed by atoms with E-state index in [2.05, 4.69) is 21.2 Å². The van der Waals surface area contributed by atoms with Crippen molar-refractivity contribution >= 4 is 33.9 Å². The molecule has 5 nitrogen and oxygen atoms in total. The standard InChI is InChI=1S/C22H15BrFNO4/c23-18-11-8-16(24)13-20(18)29-17-9-6-14(7-10-17)12-19(22(27)28)25-21(26)15-4-2-1-3-5-15/h1-13H,(H,25,26)(H,27,28)/b19-12+. The lowest BCUT2D eigenvalue weighted by atomic mass is 10.1. The molecule has 7 heteroatoms. The third kappa shape index (κ3) is 5.52. The number of amides is 1. The molecule has 1 amide bonds.